The van der Waals surface area contributed by atoms with Crippen LogP contribution in [-0.4, -0.2) is 43.8 Å². The Kier molecular flexibility index (Phi) is 4.71. The largest absolute Gasteiger partial charge is 0.454 e. The first-order valence-electron chi connectivity index (χ1n) is 8.56. The lowest BCUT2D eigenvalue weighted by atomic mass is 10.2. The van der Waals surface area contributed by atoms with Crippen LogP contribution in [-0.2, 0) is 4.79 Å². The number of carbonyl (C=O) groups excluding carboxylic acids is 1. The summed E-state index contributed by atoms with van der Waals surface area (Å²) in [6.45, 7) is 3.27. The molecule has 5 nitrogen and oxygen atoms in total. The molecule has 0 unspecified atom stereocenters. The molecule has 0 aromatic heterocycles. The number of halogens is 1. The molecule has 134 valence electrons. The number of rotatable bonds is 3. The number of hydrogen-bond acceptors (Lipinski definition) is 4. The second-order valence-corrected chi connectivity index (χ2v) is 6.67. The van der Waals surface area contributed by atoms with E-state index in [1.807, 2.05) is 53.4 Å². The second-order valence-electron chi connectivity index (χ2n) is 6.23. The van der Waals surface area contributed by atoms with E-state index in [9.17, 15) is 4.79 Å². The lowest BCUT2D eigenvalue weighted by molar-refractivity contribution is -0.126. The van der Waals surface area contributed by atoms with Crippen LogP contribution in [0.25, 0.3) is 6.08 Å². The van der Waals surface area contributed by atoms with Crippen LogP contribution in [0.1, 0.15) is 5.56 Å². The van der Waals surface area contributed by atoms with E-state index < -0.39 is 0 Å². The zero-order valence-corrected chi connectivity index (χ0v) is 15.0. The number of hydrogen-bond donors (Lipinski definition) is 0. The van der Waals surface area contributed by atoms with Crippen molar-refractivity contribution in [3.05, 3.63) is 59.1 Å². The summed E-state index contributed by atoms with van der Waals surface area (Å²) < 4.78 is 10.7. The molecule has 1 saturated heterocycles. The molecule has 0 saturated carbocycles. The van der Waals surface area contributed by atoms with Gasteiger partial charge < -0.3 is 19.3 Å². The predicted octanol–water partition coefficient (Wildman–Crippen LogP) is 3.43. The zero-order chi connectivity index (χ0) is 17.9. The van der Waals surface area contributed by atoms with E-state index >= 15 is 0 Å². The molecule has 0 spiro atoms. The fraction of sp³-hybridized carbons (Fsp3) is 0.250. The highest BCUT2D eigenvalue weighted by Gasteiger charge is 2.20. The fourth-order valence-corrected chi connectivity index (χ4v) is 3.25. The summed E-state index contributed by atoms with van der Waals surface area (Å²) >= 11 is 5.94. The van der Waals surface area contributed by atoms with Gasteiger partial charge in [0.05, 0.1) is 0 Å². The third kappa shape index (κ3) is 3.63. The molecular weight excluding hydrogens is 352 g/mol. The molecule has 2 aromatic carbocycles. The van der Waals surface area contributed by atoms with Crippen molar-refractivity contribution in [1.82, 2.24) is 4.90 Å². The Hall–Kier alpha value is -2.66. The highest BCUT2D eigenvalue weighted by Crippen LogP contribution is 2.32. The third-order valence-corrected chi connectivity index (χ3v) is 4.85. The molecule has 0 N–H and O–H groups in total. The van der Waals surface area contributed by atoms with Crippen LogP contribution >= 0.6 is 11.6 Å². The summed E-state index contributed by atoms with van der Waals surface area (Å²) in [5, 5.41) is 0.733. The molecule has 6 heteroatoms. The summed E-state index contributed by atoms with van der Waals surface area (Å²) in [6.07, 6.45) is 3.44. The highest BCUT2D eigenvalue weighted by atomic mass is 35.5. The molecule has 0 bridgehead atoms. The first kappa shape index (κ1) is 16.8. The molecule has 2 aliphatic rings. The normalized spacial score (nSPS) is 16.3. The second kappa shape index (κ2) is 7.30. The summed E-state index contributed by atoms with van der Waals surface area (Å²) in [5.74, 6) is 1.49. The molecule has 2 aliphatic heterocycles. The van der Waals surface area contributed by atoms with E-state index in [1.54, 1.807) is 6.08 Å². The first-order valence-corrected chi connectivity index (χ1v) is 8.94. The van der Waals surface area contributed by atoms with Crippen LogP contribution in [0.4, 0.5) is 5.69 Å². The van der Waals surface area contributed by atoms with Crippen LogP contribution < -0.4 is 14.4 Å². The van der Waals surface area contributed by atoms with Crippen LogP contribution in [0, 0.1) is 0 Å². The van der Waals surface area contributed by atoms with Gasteiger partial charge in [0.2, 0.25) is 12.7 Å². The number of carbonyl (C=O) groups is 1. The number of piperazine rings is 1. The maximum Gasteiger partial charge on any atom is 0.246 e. The van der Waals surface area contributed by atoms with Gasteiger partial charge in [-0.15, -0.1) is 0 Å². The van der Waals surface area contributed by atoms with Crippen LogP contribution in [0.2, 0.25) is 5.02 Å². The van der Waals surface area contributed by atoms with Crippen molar-refractivity contribution >= 4 is 29.3 Å². The van der Waals surface area contributed by atoms with E-state index in [1.165, 1.54) is 0 Å². The van der Waals surface area contributed by atoms with E-state index in [0.717, 1.165) is 40.9 Å². The van der Waals surface area contributed by atoms with Gasteiger partial charge in [-0.25, -0.2) is 0 Å². The minimum absolute atomic E-state index is 0.0263. The van der Waals surface area contributed by atoms with Gasteiger partial charge in [0.25, 0.3) is 0 Å². The van der Waals surface area contributed by atoms with Crippen molar-refractivity contribution in [3.63, 3.8) is 0 Å². The van der Waals surface area contributed by atoms with Crippen molar-refractivity contribution in [2.75, 3.05) is 37.9 Å². The molecule has 26 heavy (non-hydrogen) atoms. The van der Waals surface area contributed by atoms with Gasteiger partial charge in [0.15, 0.2) is 11.5 Å². The lowest BCUT2D eigenvalue weighted by Crippen LogP contribution is -2.48. The smallest absolute Gasteiger partial charge is 0.246 e. The van der Waals surface area contributed by atoms with Crippen LogP contribution in [0.3, 0.4) is 0 Å². The van der Waals surface area contributed by atoms with Crippen molar-refractivity contribution in [2.24, 2.45) is 0 Å². The quantitative estimate of drug-likeness (QED) is 0.776. The minimum Gasteiger partial charge on any atom is -0.454 e. The minimum atomic E-state index is 0.0263. The summed E-state index contributed by atoms with van der Waals surface area (Å²) in [4.78, 5) is 16.6. The predicted molar refractivity (Wildman–Crippen MR) is 102 cm³/mol. The monoisotopic (exact) mass is 370 g/mol. The van der Waals surface area contributed by atoms with Gasteiger partial charge >= 0.3 is 0 Å². The van der Waals surface area contributed by atoms with Gasteiger partial charge in [0.1, 0.15) is 0 Å². The number of anilines is 1. The number of fused-ring (bicyclic) bond motifs is 1. The maximum atomic E-state index is 12.4. The molecule has 0 radical (unpaired) electrons. The maximum absolute atomic E-state index is 12.4. The van der Waals surface area contributed by atoms with E-state index in [-0.39, 0.29) is 12.7 Å². The van der Waals surface area contributed by atoms with Gasteiger partial charge in [-0.3, -0.25) is 4.79 Å². The molecule has 1 fully saturated rings. The highest BCUT2D eigenvalue weighted by molar-refractivity contribution is 6.30. The Morgan fingerprint density at radius 3 is 2.46 bits per heavy atom. The number of ether oxygens (including phenoxy) is 2. The van der Waals surface area contributed by atoms with Gasteiger partial charge in [-0.2, -0.15) is 0 Å². The number of benzene rings is 2. The fourth-order valence-electron chi connectivity index (χ4n) is 3.13. The van der Waals surface area contributed by atoms with Crippen LogP contribution in [0.5, 0.6) is 11.5 Å². The molecule has 2 aromatic rings. The standard InChI is InChI=1S/C20H19ClN2O3/c21-16-3-5-17(6-4-16)22-9-11-23(12-10-22)20(24)8-2-15-1-7-18-19(13-15)26-14-25-18/h1-8,13H,9-12,14H2/b8-2+. The average molecular weight is 371 g/mol. The van der Waals surface area contributed by atoms with Gasteiger partial charge in [-0.1, -0.05) is 17.7 Å². The number of nitrogens with zero attached hydrogens (tertiary/aromatic N) is 2. The third-order valence-electron chi connectivity index (χ3n) is 4.60. The Labute approximate surface area is 157 Å². The molecule has 0 aliphatic carbocycles. The van der Waals surface area contributed by atoms with Crippen LogP contribution in [0.15, 0.2) is 48.5 Å². The molecule has 1 amide bonds. The van der Waals surface area contributed by atoms with Crippen molar-refractivity contribution < 1.29 is 14.3 Å². The molecule has 2 heterocycles. The molecule has 4 rings (SSSR count). The van der Waals surface area contributed by atoms with Gasteiger partial charge in [-0.05, 0) is 48.0 Å². The average Bonchev–Trinajstić information content (AvgIpc) is 3.15. The van der Waals surface area contributed by atoms with E-state index in [0.29, 0.717) is 13.1 Å². The summed E-state index contributed by atoms with van der Waals surface area (Å²) in [7, 11) is 0. The van der Waals surface area contributed by atoms with Crippen molar-refractivity contribution in [3.8, 4) is 11.5 Å². The lowest BCUT2D eigenvalue weighted by Gasteiger charge is -2.35. The van der Waals surface area contributed by atoms with Crippen molar-refractivity contribution in [1.29, 1.82) is 0 Å². The van der Waals surface area contributed by atoms with E-state index in [2.05, 4.69) is 4.90 Å². The van der Waals surface area contributed by atoms with Gasteiger partial charge in [0, 0.05) is 43.0 Å². The SMILES string of the molecule is O=C(/C=C/c1ccc2c(c1)OCO2)N1CCN(c2ccc(Cl)cc2)CC1. The Bertz CT molecular complexity index is 827. The Morgan fingerprint density at radius 1 is 0.962 bits per heavy atom. The number of amides is 1. The molecule has 0 atom stereocenters. The zero-order valence-electron chi connectivity index (χ0n) is 14.2. The Balaban J connectivity index is 1.34. The molecular formula is C20H19ClN2O3. The van der Waals surface area contributed by atoms with Crippen molar-refractivity contribution in [2.45, 2.75) is 0 Å². The van der Waals surface area contributed by atoms with E-state index in [4.69, 9.17) is 21.1 Å². The summed E-state index contributed by atoms with van der Waals surface area (Å²) in [6, 6.07) is 13.5. The topological polar surface area (TPSA) is 42.0 Å². The Morgan fingerprint density at radius 2 is 1.69 bits per heavy atom. The first-order chi connectivity index (χ1) is 12.7. The summed E-state index contributed by atoms with van der Waals surface area (Å²) in [5.41, 5.74) is 2.06.